The highest BCUT2D eigenvalue weighted by atomic mass is 32.2. The van der Waals surface area contributed by atoms with E-state index < -0.39 is 0 Å². The molecule has 0 aromatic heterocycles. The van der Waals surface area contributed by atoms with Gasteiger partial charge in [0, 0.05) is 37.5 Å². The number of carbonyl (C=O) groups excluding carboxylic acids is 1. The number of hydrogen-bond donors (Lipinski definition) is 2. The van der Waals surface area contributed by atoms with Crippen LogP contribution in [0.2, 0.25) is 0 Å². The van der Waals surface area contributed by atoms with E-state index in [4.69, 9.17) is 4.74 Å². The number of urea groups is 1. The van der Waals surface area contributed by atoms with Crippen molar-refractivity contribution in [1.29, 1.82) is 0 Å². The molecule has 1 aromatic rings. The summed E-state index contributed by atoms with van der Waals surface area (Å²) in [6, 6.07) is 8.14. The van der Waals surface area contributed by atoms with Crippen LogP contribution in [0.3, 0.4) is 0 Å². The zero-order valence-electron chi connectivity index (χ0n) is 14.3. The van der Waals surface area contributed by atoms with E-state index in [1.165, 1.54) is 11.3 Å². The number of ether oxygens (including phenoxy) is 1. The lowest BCUT2D eigenvalue weighted by molar-refractivity contribution is -0.0124. The molecule has 2 aliphatic rings. The standard InChI is InChI=1S/C18H27N3O2S/c1-15-3-2-4-16(11-15)12-19-17(22)20-13-18(5-10-24-14-18)21-6-8-23-9-7-21/h2-4,11H,5-10,12-14H2,1H3,(H2,19,20,22)/t18-/m1/s1. The Morgan fingerprint density at radius 3 is 2.88 bits per heavy atom. The van der Waals surface area contributed by atoms with Gasteiger partial charge in [-0.1, -0.05) is 29.8 Å². The first kappa shape index (κ1) is 17.6. The Morgan fingerprint density at radius 2 is 2.17 bits per heavy atom. The molecule has 24 heavy (non-hydrogen) atoms. The molecule has 2 aliphatic heterocycles. The molecular formula is C18H27N3O2S. The van der Waals surface area contributed by atoms with E-state index in [2.05, 4.69) is 34.6 Å². The first-order valence-electron chi connectivity index (χ1n) is 8.66. The number of thioether (sulfide) groups is 1. The largest absolute Gasteiger partial charge is 0.379 e. The number of nitrogens with one attached hydrogen (secondary N) is 2. The number of benzene rings is 1. The van der Waals surface area contributed by atoms with Gasteiger partial charge in [0.15, 0.2) is 0 Å². The Bertz CT molecular complexity index is 555. The lowest BCUT2D eigenvalue weighted by Gasteiger charge is -2.43. The molecule has 0 bridgehead atoms. The van der Waals surface area contributed by atoms with Crippen LogP contribution in [0.4, 0.5) is 4.79 Å². The fourth-order valence-corrected chi connectivity index (χ4v) is 4.92. The quantitative estimate of drug-likeness (QED) is 0.854. The van der Waals surface area contributed by atoms with Gasteiger partial charge in [-0.05, 0) is 24.7 Å². The van der Waals surface area contributed by atoms with Crippen molar-refractivity contribution in [3.05, 3.63) is 35.4 Å². The molecular weight excluding hydrogens is 322 g/mol. The Morgan fingerprint density at radius 1 is 1.33 bits per heavy atom. The van der Waals surface area contributed by atoms with E-state index in [1.807, 2.05) is 23.9 Å². The highest BCUT2D eigenvalue weighted by Gasteiger charge is 2.40. The van der Waals surface area contributed by atoms with Crippen molar-refractivity contribution in [2.45, 2.75) is 25.4 Å². The summed E-state index contributed by atoms with van der Waals surface area (Å²) in [5.74, 6) is 2.26. The maximum absolute atomic E-state index is 12.2. The van der Waals surface area contributed by atoms with Crippen molar-refractivity contribution >= 4 is 17.8 Å². The lowest BCUT2D eigenvalue weighted by atomic mass is 9.95. The summed E-state index contributed by atoms with van der Waals surface area (Å²) < 4.78 is 5.48. The normalized spacial score (nSPS) is 24.7. The van der Waals surface area contributed by atoms with Gasteiger partial charge in [0.05, 0.1) is 13.2 Å². The molecule has 5 nitrogen and oxygen atoms in total. The van der Waals surface area contributed by atoms with Crippen molar-refractivity contribution in [3.8, 4) is 0 Å². The van der Waals surface area contributed by atoms with Gasteiger partial charge in [0.25, 0.3) is 0 Å². The molecule has 2 fully saturated rings. The average Bonchev–Trinajstić information content (AvgIpc) is 3.09. The van der Waals surface area contributed by atoms with Gasteiger partial charge in [0.1, 0.15) is 0 Å². The third-order valence-electron chi connectivity index (χ3n) is 4.88. The molecule has 6 heteroatoms. The van der Waals surface area contributed by atoms with E-state index in [1.54, 1.807) is 0 Å². The second kappa shape index (κ2) is 8.23. The zero-order chi connectivity index (χ0) is 16.8. The number of hydrogen-bond acceptors (Lipinski definition) is 4. The van der Waals surface area contributed by atoms with Crippen LogP contribution < -0.4 is 10.6 Å². The molecule has 2 saturated heterocycles. The van der Waals surface area contributed by atoms with Crippen molar-refractivity contribution in [1.82, 2.24) is 15.5 Å². The van der Waals surface area contributed by atoms with Crippen LogP contribution in [0.1, 0.15) is 17.5 Å². The van der Waals surface area contributed by atoms with Gasteiger partial charge in [-0.3, -0.25) is 4.90 Å². The number of rotatable bonds is 5. The predicted molar refractivity (Wildman–Crippen MR) is 98.5 cm³/mol. The fourth-order valence-electron chi connectivity index (χ4n) is 3.45. The highest BCUT2D eigenvalue weighted by Crippen LogP contribution is 2.33. The molecule has 2 amide bonds. The summed E-state index contributed by atoms with van der Waals surface area (Å²) in [5.41, 5.74) is 2.43. The van der Waals surface area contributed by atoms with Gasteiger partial charge in [0.2, 0.25) is 0 Å². The van der Waals surface area contributed by atoms with Gasteiger partial charge in [-0.15, -0.1) is 0 Å². The molecule has 0 unspecified atom stereocenters. The highest BCUT2D eigenvalue weighted by molar-refractivity contribution is 7.99. The van der Waals surface area contributed by atoms with Gasteiger partial charge < -0.3 is 15.4 Å². The molecule has 1 aromatic carbocycles. The molecule has 0 aliphatic carbocycles. The number of amides is 2. The number of morpholine rings is 1. The van der Waals surface area contributed by atoms with Crippen LogP contribution in [0.5, 0.6) is 0 Å². The summed E-state index contributed by atoms with van der Waals surface area (Å²) >= 11 is 1.98. The molecule has 1 atom stereocenters. The third kappa shape index (κ3) is 4.43. The first-order chi connectivity index (χ1) is 11.7. The van der Waals surface area contributed by atoms with Crippen LogP contribution in [0, 0.1) is 6.92 Å². The first-order valence-corrected chi connectivity index (χ1v) is 9.81. The smallest absolute Gasteiger partial charge is 0.315 e. The molecule has 0 radical (unpaired) electrons. The number of nitrogens with zero attached hydrogens (tertiary/aromatic N) is 1. The summed E-state index contributed by atoms with van der Waals surface area (Å²) in [6.07, 6.45) is 1.13. The molecule has 132 valence electrons. The van der Waals surface area contributed by atoms with Crippen molar-refractivity contribution < 1.29 is 9.53 Å². The van der Waals surface area contributed by atoms with E-state index in [-0.39, 0.29) is 11.6 Å². The van der Waals surface area contributed by atoms with E-state index in [9.17, 15) is 4.79 Å². The number of aryl methyl sites for hydroxylation is 1. The summed E-state index contributed by atoms with van der Waals surface area (Å²) in [6.45, 7) is 6.86. The van der Waals surface area contributed by atoms with E-state index >= 15 is 0 Å². The summed E-state index contributed by atoms with van der Waals surface area (Å²) in [5, 5.41) is 6.07. The third-order valence-corrected chi connectivity index (χ3v) is 6.11. The summed E-state index contributed by atoms with van der Waals surface area (Å²) in [7, 11) is 0. The van der Waals surface area contributed by atoms with Crippen LogP contribution in [0.15, 0.2) is 24.3 Å². The Balaban J connectivity index is 1.50. The SMILES string of the molecule is Cc1cccc(CNC(=O)NC[C@]2(N3CCOCC3)CCSC2)c1. The van der Waals surface area contributed by atoms with Gasteiger partial charge in [-0.25, -0.2) is 4.79 Å². The minimum Gasteiger partial charge on any atom is -0.379 e. The average molecular weight is 350 g/mol. The lowest BCUT2D eigenvalue weighted by Crippen LogP contribution is -2.59. The second-order valence-electron chi connectivity index (χ2n) is 6.65. The second-order valence-corrected chi connectivity index (χ2v) is 7.76. The molecule has 0 spiro atoms. The Labute approximate surface area is 148 Å². The van der Waals surface area contributed by atoms with Crippen molar-refractivity contribution in [2.24, 2.45) is 0 Å². The van der Waals surface area contributed by atoms with Crippen LogP contribution in [-0.2, 0) is 11.3 Å². The Hall–Kier alpha value is -1.24. The minimum absolute atomic E-state index is 0.0824. The van der Waals surface area contributed by atoms with E-state index in [0.29, 0.717) is 13.1 Å². The summed E-state index contributed by atoms with van der Waals surface area (Å²) in [4.78, 5) is 14.7. The molecule has 0 saturated carbocycles. The Kier molecular flexibility index (Phi) is 6.03. The predicted octanol–water partition coefficient (Wildman–Crippen LogP) is 2.00. The fraction of sp³-hybridized carbons (Fsp3) is 0.611. The zero-order valence-corrected chi connectivity index (χ0v) is 15.2. The minimum atomic E-state index is -0.0824. The van der Waals surface area contributed by atoms with Crippen LogP contribution in [0.25, 0.3) is 0 Å². The van der Waals surface area contributed by atoms with Crippen molar-refractivity contribution in [2.75, 3.05) is 44.4 Å². The van der Waals surface area contributed by atoms with E-state index in [0.717, 1.165) is 44.0 Å². The van der Waals surface area contributed by atoms with Gasteiger partial charge in [-0.2, -0.15) is 11.8 Å². The van der Waals surface area contributed by atoms with Crippen LogP contribution >= 0.6 is 11.8 Å². The molecule has 2 heterocycles. The number of carbonyl (C=O) groups is 1. The van der Waals surface area contributed by atoms with Gasteiger partial charge >= 0.3 is 6.03 Å². The monoisotopic (exact) mass is 349 g/mol. The molecule has 3 rings (SSSR count). The maximum atomic E-state index is 12.2. The topological polar surface area (TPSA) is 53.6 Å². The van der Waals surface area contributed by atoms with Crippen molar-refractivity contribution in [3.63, 3.8) is 0 Å². The van der Waals surface area contributed by atoms with Crippen LogP contribution in [-0.4, -0.2) is 60.8 Å². The molecule has 2 N–H and O–H groups in total. The maximum Gasteiger partial charge on any atom is 0.315 e.